The van der Waals surface area contributed by atoms with E-state index in [0.29, 0.717) is 0 Å². The molecule has 0 heterocycles. The molecule has 0 aromatic heterocycles. The molecule has 0 rings (SSSR count). The third-order valence-electron chi connectivity index (χ3n) is 1.95. The van der Waals surface area contributed by atoms with Crippen LogP contribution in [-0.4, -0.2) is 35.5 Å². The Hall–Kier alpha value is -0.690. The fourth-order valence-corrected chi connectivity index (χ4v) is 3.15. The summed E-state index contributed by atoms with van der Waals surface area (Å²) in [5.74, 6) is 0. The summed E-state index contributed by atoms with van der Waals surface area (Å²) in [6, 6.07) is 0. The van der Waals surface area contributed by atoms with Crippen molar-refractivity contribution < 1.29 is 0 Å². The van der Waals surface area contributed by atoms with E-state index in [0.717, 1.165) is 26.2 Å². The third-order valence-corrected chi connectivity index (χ3v) is 3.78. The molecule has 2 nitrogen and oxygen atoms in total. The average Bonchev–Trinajstić information content (AvgIpc) is 2.19. The van der Waals surface area contributed by atoms with Crippen LogP contribution in [0.15, 0.2) is 50.6 Å². The predicted octanol–water partition coefficient (Wildman–Crippen LogP) is 2.31. The third kappa shape index (κ3) is 7.26. The van der Waals surface area contributed by atoms with E-state index in [-0.39, 0.29) is 0 Å². The van der Waals surface area contributed by atoms with Crippen molar-refractivity contribution in [1.29, 1.82) is 0 Å². The zero-order chi connectivity index (χ0) is 11.5. The number of hydrogen-bond donors (Lipinski definition) is 0. The first kappa shape index (κ1) is 14.3. The van der Waals surface area contributed by atoms with E-state index in [1.54, 1.807) is 0 Å². The van der Waals surface area contributed by atoms with Crippen molar-refractivity contribution in [1.82, 2.24) is 9.34 Å². The van der Waals surface area contributed by atoms with Crippen molar-refractivity contribution in [3.63, 3.8) is 0 Å². The Balaban J connectivity index is 4.15. The van der Waals surface area contributed by atoms with E-state index in [2.05, 4.69) is 35.7 Å². The van der Waals surface area contributed by atoms with Gasteiger partial charge in [0, 0.05) is 0 Å². The Morgan fingerprint density at radius 1 is 0.667 bits per heavy atom. The van der Waals surface area contributed by atoms with Crippen molar-refractivity contribution in [2.75, 3.05) is 26.2 Å². The Morgan fingerprint density at radius 3 is 1.13 bits per heavy atom. The summed E-state index contributed by atoms with van der Waals surface area (Å²) in [7, 11) is -0.423. The van der Waals surface area contributed by atoms with Gasteiger partial charge in [0.2, 0.25) is 0 Å². The molecule has 0 saturated heterocycles. The second kappa shape index (κ2) is 9.85. The summed E-state index contributed by atoms with van der Waals surface area (Å²) in [5.41, 5.74) is 0. The molecule has 0 radical (unpaired) electrons. The van der Waals surface area contributed by atoms with Crippen molar-refractivity contribution in [2.45, 2.75) is 0 Å². The first-order valence-corrected chi connectivity index (χ1v) is 6.43. The van der Waals surface area contributed by atoms with Crippen LogP contribution >= 0.6 is 8.88 Å². The summed E-state index contributed by atoms with van der Waals surface area (Å²) < 4.78 is 4.79. The molecular formula is C12H23N2P. The molecule has 15 heavy (non-hydrogen) atoms. The second-order valence-corrected chi connectivity index (χ2v) is 5.44. The normalized spacial score (nSPS) is 10.5. The van der Waals surface area contributed by atoms with Gasteiger partial charge in [-0.25, -0.2) is 0 Å². The molecule has 0 aliphatic heterocycles. The molecule has 0 atom stereocenters. The van der Waals surface area contributed by atoms with Crippen molar-refractivity contribution in [3.8, 4) is 0 Å². The topological polar surface area (TPSA) is 6.48 Å². The summed E-state index contributed by atoms with van der Waals surface area (Å²) in [5, 5.41) is 0. The van der Waals surface area contributed by atoms with Gasteiger partial charge in [0.25, 0.3) is 0 Å². The SMILES string of the molecule is C=CCN(CC=C)[PH3]N(CC=C)CC=C. The van der Waals surface area contributed by atoms with Gasteiger partial charge >= 0.3 is 95.0 Å². The van der Waals surface area contributed by atoms with E-state index in [9.17, 15) is 0 Å². The minimum atomic E-state index is -0.423. The van der Waals surface area contributed by atoms with Crippen LogP contribution in [0.4, 0.5) is 0 Å². The Kier molecular flexibility index (Phi) is 9.40. The monoisotopic (exact) mass is 226 g/mol. The van der Waals surface area contributed by atoms with Gasteiger partial charge < -0.3 is 0 Å². The van der Waals surface area contributed by atoms with Crippen LogP contribution in [0.25, 0.3) is 0 Å². The van der Waals surface area contributed by atoms with Gasteiger partial charge in [0.15, 0.2) is 0 Å². The van der Waals surface area contributed by atoms with Crippen LogP contribution in [0.3, 0.4) is 0 Å². The molecular weight excluding hydrogens is 203 g/mol. The molecule has 0 unspecified atom stereocenters. The van der Waals surface area contributed by atoms with Crippen LogP contribution in [-0.2, 0) is 0 Å². The Bertz CT molecular complexity index is 172. The molecule has 0 N–H and O–H groups in total. The van der Waals surface area contributed by atoms with Gasteiger partial charge in [-0.1, -0.05) is 0 Å². The van der Waals surface area contributed by atoms with Gasteiger partial charge in [-0.15, -0.1) is 0 Å². The van der Waals surface area contributed by atoms with Crippen LogP contribution < -0.4 is 0 Å². The van der Waals surface area contributed by atoms with Crippen molar-refractivity contribution in [2.24, 2.45) is 0 Å². The first-order valence-electron chi connectivity index (χ1n) is 5.16. The van der Waals surface area contributed by atoms with Gasteiger partial charge in [0.1, 0.15) is 0 Å². The van der Waals surface area contributed by atoms with E-state index in [1.165, 1.54) is 0 Å². The summed E-state index contributed by atoms with van der Waals surface area (Å²) in [6.45, 7) is 18.8. The van der Waals surface area contributed by atoms with Gasteiger partial charge in [-0.3, -0.25) is 0 Å². The van der Waals surface area contributed by atoms with Crippen LogP contribution in [0.1, 0.15) is 0 Å². The molecule has 0 bridgehead atoms. The van der Waals surface area contributed by atoms with E-state index >= 15 is 0 Å². The molecule has 0 aliphatic rings. The summed E-state index contributed by atoms with van der Waals surface area (Å²) in [6.07, 6.45) is 7.76. The molecule has 0 aliphatic carbocycles. The maximum atomic E-state index is 3.77. The fourth-order valence-electron chi connectivity index (χ4n) is 1.39. The van der Waals surface area contributed by atoms with Crippen LogP contribution in [0.5, 0.6) is 0 Å². The average molecular weight is 226 g/mol. The van der Waals surface area contributed by atoms with Crippen LogP contribution in [0, 0.1) is 0 Å². The number of nitrogens with zero attached hydrogens (tertiary/aromatic N) is 2. The zero-order valence-corrected chi connectivity index (χ0v) is 11.0. The first-order chi connectivity index (χ1) is 7.28. The van der Waals surface area contributed by atoms with E-state index in [1.807, 2.05) is 24.3 Å². The summed E-state index contributed by atoms with van der Waals surface area (Å²) >= 11 is 0. The maximum absolute atomic E-state index is 3.77. The Morgan fingerprint density at radius 2 is 0.933 bits per heavy atom. The van der Waals surface area contributed by atoms with Crippen molar-refractivity contribution >= 4 is 8.88 Å². The molecule has 3 heteroatoms. The number of rotatable bonds is 10. The zero-order valence-electron chi connectivity index (χ0n) is 9.57. The number of hydrogen-bond acceptors (Lipinski definition) is 2. The fraction of sp³-hybridized carbons (Fsp3) is 0.333. The standard InChI is InChI=1S/C12H23N2P/c1-5-9-13(10-6-2)15-14(11-7-3)12-8-4/h5-8H,1-4,9-12H2,15H3. The minimum absolute atomic E-state index is 0.423. The van der Waals surface area contributed by atoms with Crippen molar-refractivity contribution in [3.05, 3.63) is 50.6 Å². The molecule has 0 spiro atoms. The molecule has 86 valence electrons. The van der Waals surface area contributed by atoms with Gasteiger partial charge in [0.05, 0.1) is 0 Å². The summed E-state index contributed by atoms with van der Waals surface area (Å²) in [4.78, 5) is 0. The second-order valence-electron chi connectivity index (χ2n) is 3.37. The molecule has 0 aromatic carbocycles. The van der Waals surface area contributed by atoms with E-state index in [4.69, 9.17) is 0 Å². The van der Waals surface area contributed by atoms with E-state index < -0.39 is 8.88 Å². The van der Waals surface area contributed by atoms with Gasteiger partial charge in [-0.2, -0.15) is 0 Å². The van der Waals surface area contributed by atoms with Gasteiger partial charge in [-0.05, 0) is 0 Å². The Labute approximate surface area is 95.5 Å². The molecule has 0 amide bonds. The quantitative estimate of drug-likeness (QED) is 0.416. The van der Waals surface area contributed by atoms with Crippen LogP contribution in [0.2, 0.25) is 0 Å². The molecule has 0 aromatic rings. The molecule has 0 saturated carbocycles. The predicted molar refractivity (Wildman–Crippen MR) is 75.0 cm³/mol. The molecule has 0 fully saturated rings.